The summed E-state index contributed by atoms with van der Waals surface area (Å²) in [7, 11) is 0. The SMILES string of the molecule is O=C(O)CNC(=O)c1c(O)n(-c2cccc([N+](=O)[O-])c2)c(=O)n(CCC2CC2)c1=O. The van der Waals surface area contributed by atoms with Crippen LogP contribution in [0.4, 0.5) is 5.69 Å². The van der Waals surface area contributed by atoms with Crippen LogP contribution in [0.5, 0.6) is 5.88 Å². The summed E-state index contributed by atoms with van der Waals surface area (Å²) in [6.45, 7) is -0.827. The number of nitro groups is 1. The number of amides is 1. The van der Waals surface area contributed by atoms with Crippen molar-refractivity contribution in [2.45, 2.75) is 25.8 Å². The summed E-state index contributed by atoms with van der Waals surface area (Å²) < 4.78 is 1.39. The predicted octanol–water partition coefficient (Wildman–Crippen LogP) is 0.227. The summed E-state index contributed by atoms with van der Waals surface area (Å²) in [5.41, 5.74) is -3.35. The minimum atomic E-state index is -1.37. The van der Waals surface area contributed by atoms with E-state index >= 15 is 0 Å². The van der Waals surface area contributed by atoms with Crippen LogP contribution in [0.3, 0.4) is 0 Å². The molecule has 1 aliphatic carbocycles. The fourth-order valence-corrected chi connectivity index (χ4v) is 2.98. The van der Waals surface area contributed by atoms with Gasteiger partial charge in [-0.05, 0) is 18.4 Å². The highest BCUT2D eigenvalue weighted by molar-refractivity contribution is 5.97. The third-order valence-corrected chi connectivity index (χ3v) is 4.70. The molecule has 158 valence electrons. The molecule has 1 aromatic heterocycles. The number of aromatic hydroxyl groups is 1. The topological polar surface area (TPSA) is 174 Å². The highest BCUT2D eigenvalue weighted by Gasteiger charge is 2.27. The number of carbonyl (C=O) groups excluding carboxylic acids is 1. The number of hydrogen-bond donors (Lipinski definition) is 3. The van der Waals surface area contributed by atoms with E-state index in [1.54, 1.807) is 0 Å². The first-order valence-electron chi connectivity index (χ1n) is 9.04. The molecule has 30 heavy (non-hydrogen) atoms. The van der Waals surface area contributed by atoms with E-state index in [1.165, 1.54) is 18.2 Å². The van der Waals surface area contributed by atoms with Crippen LogP contribution in [0.25, 0.3) is 5.69 Å². The van der Waals surface area contributed by atoms with Crippen molar-refractivity contribution >= 4 is 17.6 Å². The van der Waals surface area contributed by atoms with Crippen molar-refractivity contribution in [3.8, 4) is 11.6 Å². The molecule has 1 aromatic carbocycles. The number of hydrogen-bond acceptors (Lipinski definition) is 7. The molecule has 2 aromatic rings. The van der Waals surface area contributed by atoms with E-state index in [2.05, 4.69) is 0 Å². The number of aromatic nitrogens is 2. The molecule has 12 heteroatoms. The number of carboxylic acids is 1. The van der Waals surface area contributed by atoms with Crippen molar-refractivity contribution in [1.29, 1.82) is 0 Å². The van der Waals surface area contributed by atoms with E-state index in [0.717, 1.165) is 23.5 Å². The average molecular weight is 418 g/mol. The third kappa shape index (κ3) is 4.21. The second-order valence-corrected chi connectivity index (χ2v) is 6.86. The molecule has 1 aliphatic rings. The molecule has 0 aliphatic heterocycles. The van der Waals surface area contributed by atoms with Crippen molar-refractivity contribution in [2.24, 2.45) is 5.92 Å². The molecule has 1 fully saturated rings. The Morgan fingerprint density at radius 3 is 2.57 bits per heavy atom. The first kappa shape index (κ1) is 20.8. The Balaban J connectivity index is 2.19. The molecule has 0 spiro atoms. The molecular weight excluding hydrogens is 400 g/mol. The lowest BCUT2D eigenvalue weighted by Gasteiger charge is -2.15. The van der Waals surface area contributed by atoms with E-state index in [1.807, 2.05) is 5.32 Å². The van der Waals surface area contributed by atoms with Crippen LogP contribution >= 0.6 is 0 Å². The van der Waals surface area contributed by atoms with E-state index in [9.17, 15) is 34.4 Å². The minimum Gasteiger partial charge on any atom is -0.493 e. The summed E-state index contributed by atoms with van der Waals surface area (Å²) >= 11 is 0. The Morgan fingerprint density at radius 2 is 1.97 bits per heavy atom. The Kier molecular flexibility index (Phi) is 5.67. The number of rotatable bonds is 8. The molecular formula is C18H18N4O8. The molecule has 0 saturated heterocycles. The lowest BCUT2D eigenvalue weighted by Crippen LogP contribution is -2.44. The van der Waals surface area contributed by atoms with E-state index in [-0.39, 0.29) is 17.9 Å². The van der Waals surface area contributed by atoms with Gasteiger partial charge in [-0.2, -0.15) is 0 Å². The van der Waals surface area contributed by atoms with Gasteiger partial charge < -0.3 is 15.5 Å². The standard InChI is InChI=1S/C18H18N4O8/c23-13(24)9-19-15(25)14-16(26)20(7-6-10-4-5-10)18(28)21(17(14)27)11-2-1-3-12(8-11)22(29)30/h1-3,8,10,27H,4-7,9H2,(H,19,25)(H,23,24). The van der Waals surface area contributed by atoms with Crippen molar-refractivity contribution in [3.05, 3.63) is 60.8 Å². The molecule has 0 bridgehead atoms. The van der Waals surface area contributed by atoms with Crippen LogP contribution in [-0.4, -0.2) is 42.7 Å². The van der Waals surface area contributed by atoms with Crippen molar-refractivity contribution < 1.29 is 24.7 Å². The van der Waals surface area contributed by atoms with Gasteiger partial charge in [0.2, 0.25) is 5.88 Å². The smallest absolute Gasteiger partial charge is 0.338 e. The van der Waals surface area contributed by atoms with Crippen molar-refractivity contribution in [1.82, 2.24) is 14.5 Å². The summed E-state index contributed by atoms with van der Waals surface area (Å²) in [6, 6.07) is 4.76. The number of carbonyl (C=O) groups is 2. The monoisotopic (exact) mass is 418 g/mol. The van der Waals surface area contributed by atoms with Gasteiger partial charge in [0.25, 0.3) is 17.2 Å². The van der Waals surface area contributed by atoms with Crippen LogP contribution in [0, 0.1) is 16.0 Å². The van der Waals surface area contributed by atoms with Gasteiger partial charge in [-0.3, -0.25) is 29.1 Å². The van der Waals surface area contributed by atoms with E-state index in [0.29, 0.717) is 16.9 Å². The fraction of sp³-hybridized carbons (Fsp3) is 0.333. The maximum Gasteiger partial charge on any atom is 0.338 e. The summed E-state index contributed by atoms with van der Waals surface area (Å²) in [5.74, 6) is -3.24. The molecule has 1 saturated carbocycles. The summed E-state index contributed by atoms with van der Waals surface area (Å²) in [5, 5.41) is 32.3. The quantitative estimate of drug-likeness (QED) is 0.403. The number of nitrogens with one attached hydrogen (secondary N) is 1. The molecule has 12 nitrogen and oxygen atoms in total. The zero-order valence-corrected chi connectivity index (χ0v) is 15.6. The van der Waals surface area contributed by atoms with Crippen LogP contribution in [0.2, 0.25) is 0 Å². The van der Waals surface area contributed by atoms with Gasteiger partial charge in [0.05, 0.1) is 10.6 Å². The van der Waals surface area contributed by atoms with Gasteiger partial charge >= 0.3 is 11.7 Å². The van der Waals surface area contributed by atoms with Gasteiger partial charge in [-0.25, -0.2) is 9.36 Å². The number of nitrogens with zero attached hydrogens (tertiary/aromatic N) is 3. The number of aliphatic carboxylic acids is 1. The minimum absolute atomic E-state index is 0.0171. The third-order valence-electron chi connectivity index (χ3n) is 4.70. The molecule has 1 heterocycles. The van der Waals surface area contributed by atoms with Gasteiger partial charge in [-0.15, -0.1) is 0 Å². The largest absolute Gasteiger partial charge is 0.493 e. The van der Waals surface area contributed by atoms with Gasteiger partial charge in [-0.1, -0.05) is 18.9 Å². The first-order valence-corrected chi connectivity index (χ1v) is 9.04. The Morgan fingerprint density at radius 1 is 1.27 bits per heavy atom. The highest BCUT2D eigenvalue weighted by Crippen LogP contribution is 2.32. The molecule has 3 rings (SSSR count). The Hall–Kier alpha value is -3.96. The lowest BCUT2D eigenvalue weighted by atomic mass is 10.2. The summed E-state index contributed by atoms with van der Waals surface area (Å²) in [6.07, 6.45) is 2.42. The van der Waals surface area contributed by atoms with Crippen LogP contribution in [0.15, 0.2) is 33.9 Å². The number of benzene rings is 1. The summed E-state index contributed by atoms with van der Waals surface area (Å²) in [4.78, 5) is 59.2. The normalized spacial score (nSPS) is 13.1. The Bertz CT molecular complexity index is 1150. The second kappa shape index (κ2) is 8.19. The van der Waals surface area contributed by atoms with Crippen LogP contribution < -0.4 is 16.6 Å². The molecule has 1 amide bonds. The predicted molar refractivity (Wildman–Crippen MR) is 102 cm³/mol. The molecule has 0 radical (unpaired) electrons. The van der Waals surface area contributed by atoms with Crippen molar-refractivity contribution in [2.75, 3.05) is 6.54 Å². The molecule has 0 unspecified atom stereocenters. The number of non-ortho nitro benzene ring substituents is 1. The number of nitro benzene ring substituents is 1. The zero-order valence-electron chi connectivity index (χ0n) is 15.6. The fourth-order valence-electron chi connectivity index (χ4n) is 2.98. The molecule has 0 atom stereocenters. The second-order valence-electron chi connectivity index (χ2n) is 6.86. The van der Waals surface area contributed by atoms with Gasteiger partial charge in [0.1, 0.15) is 6.54 Å². The van der Waals surface area contributed by atoms with Crippen molar-refractivity contribution in [3.63, 3.8) is 0 Å². The lowest BCUT2D eigenvalue weighted by molar-refractivity contribution is -0.384. The highest BCUT2D eigenvalue weighted by atomic mass is 16.6. The van der Waals surface area contributed by atoms with Gasteiger partial charge in [0, 0.05) is 18.7 Å². The Labute approximate surface area is 168 Å². The van der Waals surface area contributed by atoms with Crippen LogP contribution in [-0.2, 0) is 11.3 Å². The zero-order chi connectivity index (χ0) is 22.0. The van der Waals surface area contributed by atoms with Crippen LogP contribution in [0.1, 0.15) is 29.6 Å². The van der Waals surface area contributed by atoms with E-state index < -0.39 is 46.0 Å². The van der Waals surface area contributed by atoms with E-state index in [4.69, 9.17) is 5.11 Å². The number of carboxylic acid groups (broad SMARTS) is 1. The maximum absolute atomic E-state index is 12.9. The molecule has 3 N–H and O–H groups in total. The maximum atomic E-state index is 12.9. The van der Waals surface area contributed by atoms with Gasteiger partial charge in [0.15, 0.2) is 5.56 Å². The average Bonchev–Trinajstić information content (AvgIpc) is 3.51. The first-order chi connectivity index (χ1) is 14.2.